The highest BCUT2D eigenvalue weighted by atomic mass is 16.6. The zero-order valence-electron chi connectivity index (χ0n) is 11.1. The predicted octanol–water partition coefficient (Wildman–Crippen LogP) is 3.32. The summed E-state index contributed by atoms with van der Waals surface area (Å²) in [6.07, 6.45) is 11.8. The number of allylic oxidation sites excluding steroid dienone is 2. The van der Waals surface area contributed by atoms with Crippen molar-refractivity contribution in [1.82, 2.24) is 0 Å². The predicted molar refractivity (Wildman–Crippen MR) is 68.8 cm³/mol. The van der Waals surface area contributed by atoms with Crippen LogP contribution in [-0.2, 0) is 9.53 Å². The van der Waals surface area contributed by atoms with Gasteiger partial charge in [-0.15, -0.1) is 0 Å². The summed E-state index contributed by atoms with van der Waals surface area (Å²) in [4.78, 5) is 12.4. The van der Waals surface area contributed by atoms with Crippen molar-refractivity contribution >= 4 is 5.97 Å². The van der Waals surface area contributed by atoms with Gasteiger partial charge in [0.1, 0.15) is 5.60 Å². The average Bonchev–Trinajstić information content (AvgIpc) is 3.07. The first kappa shape index (κ1) is 11.1. The lowest BCUT2D eigenvalue weighted by Crippen LogP contribution is -2.39. The Kier molecular flexibility index (Phi) is 2.22. The highest BCUT2D eigenvalue weighted by Gasteiger charge is 2.52. The van der Waals surface area contributed by atoms with Crippen molar-refractivity contribution in [2.24, 2.45) is 29.6 Å². The van der Waals surface area contributed by atoms with Crippen LogP contribution in [0.15, 0.2) is 12.2 Å². The monoisotopic (exact) mass is 246 g/mol. The maximum Gasteiger partial charge on any atom is 0.310 e. The Labute approximate surface area is 109 Å². The highest BCUT2D eigenvalue weighted by Crippen LogP contribution is 2.53. The minimum atomic E-state index is -0.133. The third-order valence-electron chi connectivity index (χ3n) is 6.01. The van der Waals surface area contributed by atoms with E-state index in [-0.39, 0.29) is 17.5 Å². The lowest BCUT2D eigenvalue weighted by atomic mass is 9.85. The fourth-order valence-electron chi connectivity index (χ4n) is 5.04. The molecular weight excluding hydrogens is 224 g/mol. The van der Waals surface area contributed by atoms with Crippen LogP contribution in [0.3, 0.4) is 0 Å². The van der Waals surface area contributed by atoms with Crippen molar-refractivity contribution in [3.05, 3.63) is 12.2 Å². The van der Waals surface area contributed by atoms with Gasteiger partial charge in [-0.05, 0) is 69.1 Å². The number of carbonyl (C=O) groups is 1. The van der Waals surface area contributed by atoms with Gasteiger partial charge in [-0.2, -0.15) is 0 Å². The Morgan fingerprint density at radius 3 is 2.67 bits per heavy atom. The summed E-state index contributed by atoms with van der Waals surface area (Å²) in [6, 6.07) is 0. The van der Waals surface area contributed by atoms with E-state index in [2.05, 4.69) is 19.1 Å². The van der Waals surface area contributed by atoms with Crippen LogP contribution in [-0.4, -0.2) is 11.6 Å². The van der Waals surface area contributed by atoms with Gasteiger partial charge < -0.3 is 4.74 Å². The van der Waals surface area contributed by atoms with Crippen molar-refractivity contribution in [2.75, 3.05) is 0 Å². The Balaban J connectivity index is 1.46. The van der Waals surface area contributed by atoms with Gasteiger partial charge in [0.2, 0.25) is 0 Å². The van der Waals surface area contributed by atoms with E-state index in [1.165, 1.54) is 25.7 Å². The fraction of sp³-hybridized carbons (Fsp3) is 0.812. The molecule has 2 nitrogen and oxygen atoms in total. The van der Waals surface area contributed by atoms with Crippen molar-refractivity contribution in [1.29, 1.82) is 0 Å². The first-order valence-electron chi connectivity index (χ1n) is 7.55. The maximum absolute atomic E-state index is 12.4. The largest absolute Gasteiger partial charge is 0.459 e. The van der Waals surface area contributed by atoms with Crippen LogP contribution < -0.4 is 0 Å². The molecule has 0 aromatic rings. The second-order valence-electron chi connectivity index (χ2n) is 7.20. The number of esters is 1. The number of fused-ring (bicyclic) bond motifs is 4. The molecule has 2 heteroatoms. The Hall–Kier alpha value is -0.790. The van der Waals surface area contributed by atoms with E-state index >= 15 is 0 Å². The van der Waals surface area contributed by atoms with Crippen LogP contribution in [0.1, 0.15) is 45.4 Å². The van der Waals surface area contributed by atoms with E-state index in [1.54, 1.807) is 0 Å². The first-order chi connectivity index (χ1) is 8.64. The number of hydrogen-bond donors (Lipinski definition) is 0. The lowest BCUT2D eigenvalue weighted by Gasteiger charge is -2.35. The zero-order valence-corrected chi connectivity index (χ0v) is 11.1. The van der Waals surface area contributed by atoms with Crippen LogP contribution in [0.4, 0.5) is 0 Å². The minimum absolute atomic E-state index is 0.0990. The third kappa shape index (κ3) is 1.50. The number of ether oxygens (including phenoxy) is 1. The Bertz CT molecular complexity index is 413. The molecule has 4 aliphatic rings. The van der Waals surface area contributed by atoms with Gasteiger partial charge >= 0.3 is 5.97 Å². The second kappa shape index (κ2) is 3.61. The van der Waals surface area contributed by atoms with Crippen molar-refractivity contribution < 1.29 is 9.53 Å². The molecule has 98 valence electrons. The van der Waals surface area contributed by atoms with Crippen LogP contribution in [0.5, 0.6) is 0 Å². The molecule has 0 aromatic carbocycles. The van der Waals surface area contributed by atoms with E-state index in [9.17, 15) is 4.79 Å². The van der Waals surface area contributed by atoms with Gasteiger partial charge in [0.15, 0.2) is 0 Å². The van der Waals surface area contributed by atoms with Crippen LogP contribution in [0, 0.1) is 29.6 Å². The van der Waals surface area contributed by atoms with Crippen molar-refractivity contribution in [3.63, 3.8) is 0 Å². The summed E-state index contributed by atoms with van der Waals surface area (Å²) in [5.41, 5.74) is -0.133. The van der Waals surface area contributed by atoms with E-state index in [4.69, 9.17) is 4.74 Å². The summed E-state index contributed by atoms with van der Waals surface area (Å²) < 4.78 is 6.00. The summed E-state index contributed by atoms with van der Waals surface area (Å²) >= 11 is 0. The molecule has 4 aliphatic carbocycles. The smallest absolute Gasteiger partial charge is 0.310 e. The molecule has 0 spiro atoms. The number of rotatable bonds is 2. The third-order valence-corrected chi connectivity index (χ3v) is 6.01. The topological polar surface area (TPSA) is 26.3 Å². The SMILES string of the molecule is CC1(OC(=O)C2CC3C=CC2C3)CC2CCC1C2. The van der Waals surface area contributed by atoms with E-state index in [0.29, 0.717) is 17.8 Å². The van der Waals surface area contributed by atoms with Gasteiger partial charge in [-0.25, -0.2) is 0 Å². The molecule has 0 heterocycles. The fourth-order valence-corrected chi connectivity index (χ4v) is 5.04. The molecule has 18 heavy (non-hydrogen) atoms. The van der Waals surface area contributed by atoms with Crippen molar-refractivity contribution in [2.45, 2.75) is 51.0 Å². The molecule has 3 fully saturated rings. The van der Waals surface area contributed by atoms with Gasteiger partial charge in [0, 0.05) is 0 Å². The van der Waals surface area contributed by atoms with Gasteiger partial charge in [0.25, 0.3) is 0 Å². The summed E-state index contributed by atoms with van der Waals surface area (Å²) in [6.45, 7) is 2.18. The lowest BCUT2D eigenvalue weighted by molar-refractivity contribution is -0.169. The number of hydrogen-bond acceptors (Lipinski definition) is 2. The maximum atomic E-state index is 12.4. The van der Waals surface area contributed by atoms with E-state index in [1.807, 2.05) is 0 Å². The minimum Gasteiger partial charge on any atom is -0.459 e. The quantitative estimate of drug-likeness (QED) is 0.552. The van der Waals surface area contributed by atoms with Gasteiger partial charge in [-0.3, -0.25) is 4.79 Å². The summed E-state index contributed by atoms with van der Waals surface area (Å²) in [5, 5.41) is 0. The van der Waals surface area contributed by atoms with Crippen LogP contribution in [0.2, 0.25) is 0 Å². The zero-order chi connectivity index (χ0) is 12.3. The average molecular weight is 246 g/mol. The molecule has 0 aliphatic heterocycles. The number of carbonyl (C=O) groups excluding carboxylic acids is 1. The molecule has 0 amide bonds. The van der Waals surface area contributed by atoms with Crippen molar-refractivity contribution in [3.8, 4) is 0 Å². The molecule has 4 rings (SSSR count). The van der Waals surface area contributed by atoms with E-state index in [0.717, 1.165) is 18.8 Å². The normalized spacial score (nSPS) is 52.2. The summed E-state index contributed by atoms with van der Waals surface area (Å²) in [5.74, 6) is 2.86. The molecule has 0 radical (unpaired) electrons. The Morgan fingerprint density at radius 2 is 2.11 bits per heavy atom. The standard InChI is InChI=1S/C16H22O2/c1-16(9-11-3-5-13(16)7-11)18-15(17)14-8-10-2-4-12(14)6-10/h2,4,10-14H,3,5-9H2,1H3. The summed E-state index contributed by atoms with van der Waals surface area (Å²) in [7, 11) is 0. The molecule has 6 atom stereocenters. The first-order valence-corrected chi connectivity index (χ1v) is 7.55. The molecule has 4 bridgehead atoms. The molecule has 0 aromatic heterocycles. The molecular formula is C16H22O2. The second-order valence-corrected chi connectivity index (χ2v) is 7.20. The van der Waals surface area contributed by atoms with Crippen LogP contribution in [0.25, 0.3) is 0 Å². The Morgan fingerprint density at radius 1 is 1.22 bits per heavy atom. The van der Waals surface area contributed by atoms with Gasteiger partial charge in [0.05, 0.1) is 5.92 Å². The molecule has 0 N–H and O–H groups in total. The van der Waals surface area contributed by atoms with Crippen LogP contribution >= 0.6 is 0 Å². The molecule has 0 saturated heterocycles. The van der Waals surface area contributed by atoms with E-state index < -0.39 is 0 Å². The molecule has 6 unspecified atom stereocenters. The van der Waals surface area contributed by atoms with Gasteiger partial charge in [-0.1, -0.05) is 12.2 Å². The highest BCUT2D eigenvalue weighted by molar-refractivity contribution is 5.74. The molecule has 3 saturated carbocycles.